The van der Waals surface area contributed by atoms with Gasteiger partial charge in [0.25, 0.3) is 0 Å². The largest absolute Gasteiger partial charge is 0.394 e. The minimum absolute atomic E-state index is 0.213. The molecule has 0 aromatic rings. The Labute approximate surface area is 453 Å². The van der Waals surface area contributed by atoms with Crippen LogP contribution in [0.2, 0.25) is 0 Å². The number of allylic oxidation sites excluding steroid dienone is 8. The van der Waals surface area contributed by atoms with Gasteiger partial charge >= 0.3 is 0 Å². The number of hydrogen-bond donors (Lipinski definition) is 12. The lowest BCUT2D eigenvalue weighted by molar-refractivity contribution is -0.379. The molecule has 19 nitrogen and oxygen atoms in total. The van der Waals surface area contributed by atoms with Crippen molar-refractivity contribution in [1.29, 1.82) is 0 Å². The fraction of sp³-hybridized carbons (Fsp3) is 0.842. The molecule has 3 aliphatic heterocycles. The molecular formula is C57H101NO18. The summed E-state index contributed by atoms with van der Waals surface area (Å²) in [6.07, 6.45) is 16.3. The van der Waals surface area contributed by atoms with Crippen molar-refractivity contribution in [3.05, 3.63) is 48.6 Å². The number of hydrogen-bond acceptors (Lipinski definition) is 18. The van der Waals surface area contributed by atoms with Crippen LogP contribution in [0.5, 0.6) is 0 Å². The van der Waals surface area contributed by atoms with E-state index in [0.717, 1.165) is 64.2 Å². The maximum atomic E-state index is 13.3. The van der Waals surface area contributed by atoms with Gasteiger partial charge in [-0.1, -0.05) is 165 Å². The van der Waals surface area contributed by atoms with E-state index in [-0.39, 0.29) is 18.9 Å². The zero-order valence-electron chi connectivity index (χ0n) is 45.7. The molecule has 3 heterocycles. The molecule has 3 fully saturated rings. The lowest BCUT2D eigenvalue weighted by Gasteiger charge is -2.48. The number of ether oxygens (including phenoxy) is 6. The number of rotatable bonds is 41. The van der Waals surface area contributed by atoms with E-state index in [1.165, 1.54) is 77.0 Å². The van der Waals surface area contributed by atoms with E-state index in [4.69, 9.17) is 28.4 Å². The predicted octanol–water partition coefficient (Wildman–Crippen LogP) is 4.31. The fourth-order valence-electron chi connectivity index (χ4n) is 9.66. The van der Waals surface area contributed by atoms with E-state index in [1.807, 2.05) is 0 Å². The normalized spacial score (nSPS) is 31.3. The van der Waals surface area contributed by atoms with Gasteiger partial charge in [-0.15, -0.1) is 0 Å². The third kappa shape index (κ3) is 25.0. The first-order chi connectivity index (χ1) is 36.8. The van der Waals surface area contributed by atoms with E-state index < -0.39 is 124 Å². The van der Waals surface area contributed by atoms with Crippen LogP contribution in [0.3, 0.4) is 0 Å². The highest BCUT2D eigenvalue weighted by Crippen LogP contribution is 2.33. The second-order valence-electron chi connectivity index (χ2n) is 20.7. The Morgan fingerprint density at radius 2 is 0.908 bits per heavy atom. The molecule has 0 saturated carbocycles. The number of aliphatic hydroxyl groups excluding tert-OH is 11. The molecule has 442 valence electrons. The minimum Gasteiger partial charge on any atom is -0.394 e. The Hall–Kier alpha value is -2.25. The molecule has 76 heavy (non-hydrogen) atoms. The molecule has 17 atom stereocenters. The summed E-state index contributed by atoms with van der Waals surface area (Å²) in [7, 11) is 0. The van der Waals surface area contributed by atoms with E-state index >= 15 is 0 Å². The maximum absolute atomic E-state index is 13.3. The van der Waals surface area contributed by atoms with Crippen LogP contribution in [0.25, 0.3) is 0 Å². The summed E-state index contributed by atoms with van der Waals surface area (Å²) < 4.78 is 34.2. The predicted molar refractivity (Wildman–Crippen MR) is 286 cm³/mol. The summed E-state index contributed by atoms with van der Waals surface area (Å²) in [6, 6.07) is -0.909. The van der Waals surface area contributed by atoms with Gasteiger partial charge in [0.05, 0.1) is 38.6 Å². The van der Waals surface area contributed by atoms with Crippen LogP contribution in [0, 0.1) is 0 Å². The first-order valence-electron chi connectivity index (χ1n) is 28.9. The highest BCUT2D eigenvalue weighted by Gasteiger charge is 2.53. The number of carbonyl (C=O) groups is 1. The lowest BCUT2D eigenvalue weighted by atomic mass is 9.96. The summed E-state index contributed by atoms with van der Waals surface area (Å²) in [4.78, 5) is 13.3. The summed E-state index contributed by atoms with van der Waals surface area (Å²) in [5.74, 6) is -0.285. The average Bonchev–Trinajstić information content (AvgIpc) is 3.41. The number of nitrogens with one attached hydrogen (secondary N) is 1. The standard InChI is InChI=1S/C57H101NO18/c1-3-5-7-9-11-13-15-17-19-21-22-24-26-28-30-32-34-41(62)40(58-45(63)35-33-31-29-27-25-23-20-18-16-14-12-10-8-6-4-2)39-71-55-51(69)48(66)53(43(37-60)73-55)76-57-52(70)49(67)54(44(38-61)74-57)75-56-50(68)47(65)46(64)42(36-59)72-56/h6,8,12,14,18,20,25,27,40-44,46-57,59-62,64-70H,3-5,7,9-11,13,15-17,19,21-24,26,28-39H2,1-2H3,(H,58,63)/b8-6-,14-12-,20-18-,27-25-. The number of aliphatic hydroxyl groups is 11. The molecule has 3 saturated heterocycles. The van der Waals surface area contributed by atoms with Crippen LogP contribution in [0.15, 0.2) is 48.6 Å². The Balaban J connectivity index is 1.53. The molecule has 0 aromatic carbocycles. The van der Waals surface area contributed by atoms with Crippen molar-refractivity contribution in [3.8, 4) is 0 Å². The van der Waals surface area contributed by atoms with Crippen LogP contribution >= 0.6 is 0 Å². The zero-order valence-corrected chi connectivity index (χ0v) is 45.7. The highest BCUT2D eigenvalue weighted by atomic mass is 16.8. The van der Waals surface area contributed by atoms with Crippen molar-refractivity contribution in [2.24, 2.45) is 0 Å². The van der Waals surface area contributed by atoms with Crippen LogP contribution in [-0.4, -0.2) is 193 Å². The molecule has 0 aliphatic carbocycles. The molecule has 0 aromatic heterocycles. The number of amides is 1. The van der Waals surface area contributed by atoms with Crippen LogP contribution in [-0.2, 0) is 33.2 Å². The van der Waals surface area contributed by atoms with E-state index in [9.17, 15) is 61.0 Å². The topological polar surface area (TPSA) is 307 Å². The molecule has 19 heteroatoms. The van der Waals surface area contributed by atoms with Gasteiger partial charge in [-0.05, 0) is 51.4 Å². The van der Waals surface area contributed by atoms with Crippen molar-refractivity contribution in [2.45, 2.75) is 279 Å². The van der Waals surface area contributed by atoms with Crippen LogP contribution < -0.4 is 5.32 Å². The molecule has 3 aliphatic rings. The molecule has 0 radical (unpaired) electrons. The minimum atomic E-state index is -1.98. The van der Waals surface area contributed by atoms with Gasteiger partial charge in [-0.3, -0.25) is 4.79 Å². The van der Waals surface area contributed by atoms with Crippen molar-refractivity contribution in [2.75, 3.05) is 26.4 Å². The molecule has 0 spiro atoms. The smallest absolute Gasteiger partial charge is 0.220 e. The number of carbonyl (C=O) groups excluding carboxylic acids is 1. The summed E-state index contributed by atoms with van der Waals surface area (Å²) in [5.41, 5.74) is 0. The summed E-state index contributed by atoms with van der Waals surface area (Å²) in [6.45, 7) is 1.62. The SMILES string of the molecule is CC/C=C\C/C=C\C/C=C\C/C=C\CCCCC(=O)NC(COC1OC(CO)C(OC2OC(CO)C(OC3OC(CO)C(O)C(O)C3O)C(O)C2O)C(O)C1O)C(O)CCCCCCCCCCCCCCCCCC. The van der Waals surface area contributed by atoms with Crippen LogP contribution in [0.4, 0.5) is 0 Å². The van der Waals surface area contributed by atoms with E-state index in [2.05, 4.69) is 67.8 Å². The van der Waals surface area contributed by atoms with Gasteiger partial charge in [0.15, 0.2) is 18.9 Å². The van der Waals surface area contributed by atoms with Crippen LogP contribution in [0.1, 0.15) is 174 Å². The molecule has 0 bridgehead atoms. The monoisotopic (exact) mass is 1090 g/mol. The Morgan fingerprint density at radius 1 is 0.487 bits per heavy atom. The molecule has 12 N–H and O–H groups in total. The van der Waals surface area contributed by atoms with Gasteiger partial charge < -0.3 is 89.9 Å². The first kappa shape index (κ1) is 68.0. The zero-order chi connectivity index (χ0) is 55.5. The Bertz CT molecular complexity index is 1580. The van der Waals surface area contributed by atoms with Crippen molar-refractivity contribution >= 4 is 5.91 Å². The number of unbranched alkanes of at least 4 members (excludes halogenated alkanes) is 17. The maximum Gasteiger partial charge on any atom is 0.220 e. The third-order valence-electron chi connectivity index (χ3n) is 14.4. The molecule has 1 amide bonds. The Morgan fingerprint density at radius 3 is 1.39 bits per heavy atom. The summed E-state index contributed by atoms with van der Waals surface area (Å²) in [5, 5.41) is 120. The fourth-order valence-corrected chi connectivity index (χ4v) is 9.66. The van der Waals surface area contributed by atoms with E-state index in [1.54, 1.807) is 0 Å². The van der Waals surface area contributed by atoms with Crippen molar-refractivity contribution in [1.82, 2.24) is 5.32 Å². The van der Waals surface area contributed by atoms with Crippen molar-refractivity contribution < 1.29 is 89.4 Å². The second-order valence-corrected chi connectivity index (χ2v) is 20.7. The molecular weight excluding hydrogens is 987 g/mol. The van der Waals surface area contributed by atoms with Gasteiger partial charge in [0.2, 0.25) is 5.91 Å². The summed E-state index contributed by atoms with van der Waals surface area (Å²) >= 11 is 0. The molecule has 3 rings (SSSR count). The van der Waals surface area contributed by atoms with E-state index in [0.29, 0.717) is 12.8 Å². The average molecular weight is 1090 g/mol. The third-order valence-corrected chi connectivity index (χ3v) is 14.4. The van der Waals surface area contributed by atoms with Gasteiger partial charge in [-0.25, -0.2) is 0 Å². The quantitative estimate of drug-likeness (QED) is 0.0300. The lowest BCUT2D eigenvalue weighted by Crippen LogP contribution is -2.66. The van der Waals surface area contributed by atoms with Gasteiger partial charge in [0, 0.05) is 6.42 Å². The second kappa shape index (κ2) is 40.9. The van der Waals surface area contributed by atoms with Gasteiger partial charge in [-0.2, -0.15) is 0 Å². The first-order valence-corrected chi connectivity index (χ1v) is 28.9. The molecule has 17 unspecified atom stereocenters. The Kier molecular flexibility index (Phi) is 36.6. The van der Waals surface area contributed by atoms with Gasteiger partial charge in [0.1, 0.15) is 73.2 Å². The van der Waals surface area contributed by atoms with Crippen molar-refractivity contribution in [3.63, 3.8) is 0 Å². The highest BCUT2D eigenvalue weighted by molar-refractivity contribution is 5.76.